The van der Waals surface area contributed by atoms with E-state index in [4.69, 9.17) is 9.47 Å². The fourth-order valence-electron chi connectivity index (χ4n) is 2.92. The number of methoxy groups -OCH3 is 2. The molecule has 0 aliphatic carbocycles. The van der Waals surface area contributed by atoms with Crippen LogP contribution in [0.3, 0.4) is 0 Å². The van der Waals surface area contributed by atoms with E-state index in [0.29, 0.717) is 11.4 Å². The van der Waals surface area contributed by atoms with Crippen LogP contribution in [0.5, 0.6) is 11.5 Å². The van der Waals surface area contributed by atoms with Gasteiger partial charge in [0.25, 0.3) is 10.0 Å². The minimum atomic E-state index is -4.34. The lowest BCUT2D eigenvalue weighted by Crippen LogP contribution is -2.38. The molecule has 0 fully saturated rings. The minimum absolute atomic E-state index is 0.182. The van der Waals surface area contributed by atoms with Crippen molar-refractivity contribution in [3.8, 4) is 11.5 Å². The molecular weight excluding hydrogens is 503 g/mol. The molecule has 0 aromatic heterocycles. The highest BCUT2D eigenvalue weighted by Gasteiger charge is 2.30. The highest BCUT2D eigenvalue weighted by Crippen LogP contribution is 2.33. The summed E-state index contributed by atoms with van der Waals surface area (Å²) in [5, 5.41) is 2.62. The summed E-state index contributed by atoms with van der Waals surface area (Å²) >= 11 is 3.30. The minimum Gasteiger partial charge on any atom is -0.493 e. The zero-order valence-corrected chi connectivity index (χ0v) is 19.6. The van der Waals surface area contributed by atoms with E-state index in [1.807, 2.05) is 0 Å². The summed E-state index contributed by atoms with van der Waals surface area (Å²) in [7, 11) is -1.55. The molecule has 0 atom stereocenters. The number of carbonyl (C=O) groups excluding carboxylic acids is 1. The topological polar surface area (TPSA) is 84.9 Å². The van der Waals surface area contributed by atoms with Crippen LogP contribution in [-0.4, -0.2) is 35.1 Å². The zero-order chi connectivity index (χ0) is 23.3. The molecule has 32 heavy (non-hydrogen) atoms. The van der Waals surface area contributed by atoms with Crippen molar-refractivity contribution in [3.63, 3.8) is 0 Å². The van der Waals surface area contributed by atoms with Gasteiger partial charge in [0.1, 0.15) is 12.4 Å². The van der Waals surface area contributed by atoms with Gasteiger partial charge in [0, 0.05) is 16.2 Å². The van der Waals surface area contributed by atoms with E-state index >= 15 is 0 Å². The van der Waals surface area contributed by atoms with Gasteiger partial charge in [-0.3, -0.25) is 9.10 Å². The van der Waals surface area contributed by atoms with E-state index in [1.165, 1.54) is 50.6 Å². The molecule has 1 N–H and O–H groups in total. The summed E-state index contributed by atoms with van der Waals surface area (Å²) < 4.78 is 53.4. The maximum Gasteiger partial charge on any atom is 0.265 e. The smallest absolute Gasteiger partial charge is 0.265 e. The van der Waals surface area contributed by atoms with Crippen LogP contribution in [0, 0.1) is 5.82 Å². The number of ether oxygens (including phenoxy) is 2. The molecule has 0 saturated heterocycles. The summed E-state index contributed by atoms with van der Waals surface area (Å²) in [6.45, 7) is -0.645. The van der Waals surface area contributed by atoms with E-state index in [1.54, 1.807) is 24.3 Å². The summed E-state index contributed by atoms with van der Waals surface area (Å²) in [6, 6.07) is 16.1. The molecule has 168 valence electrons. The van der Waals surface area contributed by atoms with Crippen LogP contribution in [0.2, 0.25) is 0 Å². The Hall–Kier alpha value is -3.11. The molecule has 0 spiro atoms. The number of amides is 1. The fourth-order valence-corrected chi connectivity index (χ4v) is 4.63. The molecule has 0 aliphatic heterocycles. The van der Waals surface area contributed by atoms with Gasteiger partial charge in [-0.2, -0.15) is 0 Å². The first-order chi connectivity index (χ1) is 15.3. The first kappa shape index (κ1) is 23.6. The second-order valence-electron chi connectivity index (χ2n) is 6.53. The van der Waals surface area contributed by atoms with Gasteiger partial charge in [0.2, 0.25) is 5.91 Å². The Balaban J connectivity index is 2.00. The van der Waals surface area contributed by atoms with E-state index in [9.17, 15) is 17.6 Å². The summed E-state index contributed by atoms with van der Waals surface area (Å²) in [5.41, 5.74) is 0.212. The van der Waals surface area contributed by atoms with Crippen molar-refractivity contribution in [2.75, 3.05) is 30.4 Å². The van der Waals surface area contributed by atoms with Crippen LogP contribution in [0.15, 0.2) is 76.1 Å². The second kappa shape index (κ2) is 10.0. The van der Waals surface area contributed by atoms with Gasteiger partial charge in [0.15, 0.2) is 11.5 Å². The summed E-state index contributed by atoms with van der Waals surface area (Å²) in [6.07, 6.45) is 0. The lowest BCUT2D eigenvalue weighted by molar-refractivity contribution is -0.114. The van der Waals surface area contributed by atoms with E-state index in [2.05, 4.69) is 21.2 Å². The molecule has 1 amide bonds. The van der Waals surface area contributed by atoms with Crippen molar-refractivity contribution in [1.29, 1.82) is 0 Å². The molecule has 0 aliphatic rings. The van der Waals surface area contributed by atoms with Crippen molar-refractivity contribution in [2.45, 2.75) is 4.90 Å². The SMILES string of the molecule is COc1ccc(S(=O)(=O)N(CC(=O)Nc2ccc(Br)cc2)c2ccccc2F)cc1OC. The highest BCUT2D eigenvalue weighted by atomic mass is 79.9. The predicted octanol–water partition coefficient (Wildman–Crippen LogP) is 4.44. The lowest BCUT2D eigenvalue weighted by Gasteiger charge is -2.25. The third kappa shape index (κ3) is 5.20. The lowest BCUT2D eigenvalue weighted by atomic mass is 10.3. The molecule has 0 bridgehead atoms. The number of anilines is 2. The number of nitrogens with one attached hydrogen (secondary N) is 1. The standard InChI is InChI=1S/C22H20BrFN2O5S/c1-30-20-12-11-17(13-21(20)31-2)32(28,29)26(19-6-4-3-5-18(19)24)14-22(27)25-16-9-7-15(23)8-10-16/h3-13H,14H2,1-2H3,(H,25,27). The average Bonchev–Trinajstić information content (AvgIpc) is 2.79. The molecule has 7 nitrogen and oxygen atoms in total. The van der Waals surface area contributed by atoms with Gasteiger partial charge < -0.3 is 14.8 Å². The van der Waals surface area contributed by atoms with Gasteiger partial charge in [-0.15, -0.1) is 0 Å². The molecular formula is C22H20BrFN2O5S. The fraction of sp³-hybridized carbons (Fsp3) is 0.136. The number of carbonyl (C=O) groups is 1. The van der Waals surface area contributed by atoms with Crippen LogP contribution in [-0.2, 0) is 14.8 Å². The summed E-state index contributed by atoms with van der Waals surface area (Å²) in [4.78, 5) is 12.5. The largest absolute Gasteiger partial charge is 0.493 e. The number of benzene rings is 3. The Labute approximate surface area is 193 Å². The molecule has 3 aromatic carbocycles. The van der Waals surface area contributed by atoms with Crippen LogP contribution < -0.4 is 19.1 Å². The number of halogens is 2. The zero-order valence-electron chi connectivity index (χ0n) is 17.2. The van der Waals surface area contributed by atoms with Crippen LogP contribution >= 0.6 is 15.9 Å². The van der Waals surface area contributed by atoms with Crippen molar-refractivity contribution in [1.82, 2.24) is 0 Å². The van der Waals surface area contributed by atoms with Gasteiger partial charge >= 0.3 is 0 Å². The Bertz CT molecular complexity index is 1220. The normalized spacial score (nSPS) is 11.0. The van der Waals surface area contributed by atoms with Crippen LogP contribution in [0.4, 0.5) is 15.8 Å². The molecule has 0 radical (unpaired) electrons. The molecule has 0 unspecified atom stereocenters. The molecule has 3 rings (SSSR count). The molecule has 3 aromatic rings. The average molecular weight is 523 g/mol. The van der Waals surface area contributed by atoms with Crippen molar-refractivity contribution >= 4 is 43.2 Å². The Morgan fingerprint density at radius 1 is 1.00 bits per heavy atom. The van der Waals surface area contributed by atoms with E-state index < -0.39 is 28.3 Å². The quantitative estimate of drug-likeness (QED) is 0.472. The second-order valence-corrected chi connectivity index (χ2v) is 9.31. The molecule has 10 heteroatoms. The van der Waals surface area contributed by atoms with Crippen LogP contribution in [0.25, 0.3) is 0 Å². The Morgan fingerprint density at radius 3 is 2.28 bits per heavy atom. The van der Waals surface area contributed by atoms with Crippen LogP contribution in [0.1, 0.15) is 0 Å². The van der Waals surface area contributed by atoms with Gasteiger partial charge in [-0.25, -0.2) is 12.8 Å². The van der Waals surface area contributed by atoms with Gasteiger partial charge in [-0.1, -0.05) is 28.1 Å². The third-order valence-corrected chi connectivity index (χ3v) is 6.76. The van der Waals surface area contributed by atoms with Gasteiger partial charge in [0.05, 0.1) is 24.8 Å². The predicted molar refractivity (Wildman–Crippen MR) is 123 cm³/mol. The maximum atomic E-state index is 14.6. The maximum absolute atomic E-state index is 14.6. The Morgan fingerprint density at radius 2 is 1.66 bits per heavy atom. The third-order valence-electron chi connectivity index (χ3n) is 4.48. The number of sulfonamides is 1. The van der Waals surface area contributed by atoms with E-state index in [0.717, 1.165) is 14.8 Å². The first-order valence-electron chi connectivity index (χ1n) is 9.31. The van der Waals surface area contributed by atoms with Crippen molar-refractivity contribution < 1.29 is 27.1 Å². The number of para-hydroxylation sites is 1. The summed E-state index contributed by atoms with van der Waals surface area (Å²) in [5.74, 6) is -0.911. The van der Waals surface area contributed by atoms with E-state index in [-0.39, 0.29) is 16.3 Å². The van der Waals surface area contributed by atoms with Crippen molar-refractivity contribution in [3.05, 3.63) is 77.0 Å². The number of hydrogen-bond acceptors (Lipinski definition) is 5. The highest BCUT2D eigenvalue weighted by molar-refractivity contribution is 9.10. The number of hydrogen-bond donors (Lipinski definition) is 1. The van der Waals surface area contributed by atoms with Crippen molar-refractivity contribution in [2.24, 2.45) is 0 Å². The molecule has 0 heterocycles. The van der Waals surface area contributed by atoms with Gasteiger partial charge in [-0.05, 0) is 48.5 Å². The molecule has 0 saturated carbocycles. The Kier molecular flexibility index (Phi) is 7.37. The first-order valence-corrected chi connectivity index (χ1v) is 11.5. The monoisotopic (exact) mass is 522 g/mol. The number of rotatable bonds is 8. The number of nitrogens with zero attached hydrogens (tertiary/aromatic N) is 1.